The van der Waals surface area contributed by atoms with Crippen LogP contribution < -0.4 is 10.5 Å². The molecule has 2 aliphatic rings. The Hall–Kier alpha value is -1.31. The molecule has 0 aromatic heterocycles. The number of hydrogen-bond acceptors (Lipinski definition) is 5. The lowest BCUT2D eigenvalue weighted by Crippen LogP contribution is -2.28. The summed E-state index contributed by atoms with van der Waals surface area (Å²) in [6.07, 6.45) is 2.35. The Labute approximate surface area is 112 Å². The summed E-state index contributed by atoms with van der Waals surface area (Å²) in [7, 11) is -3.70. The average Bonchev–Trinajstić information content (AvgIpc) is 2.92. The van der Waals surface area contributed by atoms with Crippen LogP contribution in [0.4, 0.5) is 5.69 Å². The van der Waals surface area contributed by atoms with Gasteiger partial charge in [0, 0.05) is 12.2 Å². The minimum absolute atomic E-state index is 0.115. The van der Waals surface area contributed by atoms with Gasteiger partial charge >= 0.3 is 0 Å². The van der Waals surface area contributed by atoms with Crippen molar-refractivity contribution in [2.75, 3.05) is 25.5 Å². The second-order valence-electron chi connectivity index (χ2n) is 4.68. The third-order valence-corrected chi connectivity index (χ3v) is 4.94. The van der Waals surface area contributed by atoms with E-state index in [1.165, 1.54) is 6.07 Å². The van der Waals surface area contributed by atoms with E-state index in [4.69, 9.17) is 15.3 Å². The number of fused-ring (bicyclic) bond motifs is 1. The number of hydroxylamine groups is 1. The quantitative estimate of drug-likeness (QED) is 0.817. The molecule has 0 spiro atoms. The fourth-order valence-corrected chi connectivity index (χ4v) is 3.90. The Balaban J connectivity index is 2.11. The average molecular weight is 284 g/mol. The summed E-state index contributed by atoms with van der Waals surface area (Å²) in [5.41, 5.74) is 7.08. The summed E-state index contributed by atoms with van der Waals surface area (Å²) in [6, 6.07) is 3.22. The number of nitrogen functional groups attached to an aromatic ring is 1. The first-order valence-electron chi connectivity index (χ1n) is 6.30. The molecule has 0 saturated carbocycles. The van der Waals surface area contributed by atoms with Gasteiger partial charge in [-0.05, 0) is 37.0 Å². The Morgan fingerprint density at radius 3 is 2.79 bits per heavy atom. The van der Waals surface area contributed by atoms with E-state index in [1.807, 2.05) is 0 Å². The van der Waals surface area contributed by atoms with Gasteiger partial charge in [-0.25, -0.2) is 8.42 Å². The Morgan fingerprint density at radius 1 is 1.21 bits per heavy atom. The maximum absolute atomic E-state index is 12.5. The van der Waals surface area contributed by atoms with Crippen LogP contribution in [0.25, 0.3) is 0 Å². The van der Waals surface area contributed by atoms with Crippen molar-refractivity contribution in [2.24, 2.45) is 0 Å². The molecule has 2 heterocycles. The minimum Gasteiger partial charge on any atom is -0.492 e. The first-order valence-corrected chi connectivity index (χ1v) is 7.74. The van der Waals surface area contributed by atoms with E-state index in [0.29, 0.717) is 37.6 Å². The second-order valence-corrected chi connectivity index (χ2v) is 6.47. The van der Waals surface area contributed by atoms with Crippen molar-refractivity contribution in [1.82, 2.24) is 4.47 Å². The number of ether oxygens (including phenoxy) is 1. The summed E-state index contributed by atoms with van der Waals surface area (Å²) in [5.74, 6) is 0.427. The fraction of sp³-hybridized carbons (Fsp3) is 0.500. The van der Waals surface area contributed by atoms with E-state index >= 15 is 0 Å². The number of aryl methyl sites for hydroxylation is 1. The number of benzene rings is 1. The Bertz CT molecular complexity index is 594. The Kier molecular flexibility index (Phi) is 3.12. The molecule has 0 unspecified atom stereocenters. The SMILES string of the molecule is Nc1cc2c(c(S(=O)(=O)N3CCCO3)c1)OCCC2. The molecule has 7 heteroatoms. The van der Waals surface area contributed by atoms with Gasteiger partial charge in [-0.15, -0.1) is 0 Å². The lowest BCUT2D eigenvalue weighted by Gasteiger charge is -2.23. The van der Waals surface area contributed by atoms with Crippen molar-refractivity contribution >= 4 is 15.7 Å². The Morgan fingerprint density at radius 2 is 2.05 bits per heavy atom. The molecular formula is C12H16N2O4S. The topological polar surface area (TPSA) is 81.9 Å². The zero-order valence-electron chi connectivity index (χ0n) is 10.5. The van der Waals surface area contributed by atoms with E-state index in [0.717, 1.165) is 22.9 Å². The first kappa shape index (κ1) is 12.7. The predicted molar refractivity (Wildman–Crippen MR) is 69.1 cm³/mol. The van der Waals surface area contributed by atoms with Gasteiger partial charge in [-0.1, -0.05) is 4.47 Å². The molecule has 0 amide bonds. The van der Waals surface area contributed by atoms with Crippen molar-refractivity contribution in [2.45, 2.75) is 24.2 Å². The maximum atomic E-state index is 12.5. The number of rotatable bonds is 2. The summed E-state index contributed by atoms with van der Waals surface area (Å²) in [4.78, 5) is 5.27. The standard InChI is InChI=1S/C12H16N2O4S/c13-10-7-9-3-1-5-17-12(9)11(8-10)19(15,16)14-4-2-6-18-14/h7-8H,1-6,13H2. The van der Waals surface area contributed by atoms with E-state index in [2.05, 4.69) is 0 Å². The predicted octanol–water partition coefficient (Wildman–Crippen LogP) is 0.920. The zero-order valence-corrected chi connectivity index (χ0v) is 11.3. The summed E-state index contributed by atoms with van der Waals surface area (Å²) in [6.45, 7) is 1.32. The molecule has 6 nitrogen and oxygen atoms in total. The molecule has 1 aromatic carbocycles. The van der Waals surface area contributed by atoms with Gasteiger partial charge in [0.05, 0.1) is 13.2 Å². The third kappa shape index (κ3) is 2.18. The lowest BCUT2D eigenvalue weighted by atomic mass is 10.1. The third-order valence-electron chi connectivity index (χ3n) is 3.26. The molecule has 0 bridgehead atoms. The molecule has 3 rings (SSSR count). The van der Waals surface area contributed by atoms with Crippen molar-refractivity contribution in [1.29, 1.82) is 0 Å². The van der Waals surface area contributed by atoms with Gasteiger partial charge < -0.3 is 10.5 Å². The van der Waals surface area contributed by atoms with Crippen molar-refractivity contribution in [3.63, 3.8) is 0 Å². The zero-order chi connectivity index (χ0) is 13.5. The maximum Gasteiger partial charge on any atom is 0.268 e. The number of hydrogen-bond donors (Lipinski definition) is 1. The van der Waals surface area contributed by atoms with Crippen molar-refractivity contribution < 1.29 is 18.0 Å². The van der Waals surface area contributed by atoms with Crippen LogP contribution in [0.2, 0.25) is 0 Å². The number of nitrogens with zero attached hydrogens (tertiary/aromatic N) is 1. The van der Waals surface area contributed by atoms with Gasteiger partial charge in [0.15, 0.2) is 0 Å². The molecule has 2 N–H and O–H groups in total. The number of sulfonamides is 1. The van der Waals surface area contributed by atoms with Crippen LogP contribution in [0, 0.1) is 0 Å². The molecule has 104 valence electrons. The number of anilines is 1. The van der Waals surface area contributed by atoms with Crippen LogP contribution in [0.1, 0.15) is 18.4 Å². The van der Waals surface area contributed by atoms with Crippen molar-refractivity contribution in [3.8, 4) is 5.75 Å². The molecule has 0 aliphatic carbocycles. The highest BCUT2D eigenvalue weighted by molar-refractivity contribution is 7.89. The molecule has 19 heavy (non-hydrogen) atoms. The fourth-order valence-electron chi connectivity index (χ4n) is 2.39. The smallest absolute Gasteiger partial charge is 0.268 e. The summed E-state index contributed by atoms with van der Waals surface area (Å²) >= 11 is 0. The highest BCUT2D eigenvalue weighted by Gasteiger charge is 2.33. The van der Waals surface area contributed by atoms with Crippen LogP contribution in [0.15, 0.2) is 17.0 Å². The van der Waals surface area contributed by atoms with Crippen molar-refractivity contribution in [3.05, 3.63) is 17.7 Å². The van der Waals surface area contributed by atoms with E-state index in [9.17, 15) is 8.42 Å². The normalized spacial score (nSPS) is 20.0. The largest absolute Gasteiger partial charge is 0.492 e. The minimum atomic E-state index is -3.70. The highest BCUT2D eigenvalue weighted by Crippen LogP contribution is 2.36. The van der Waals surface area contributed by atoms with E-state index in [-0.39, 0.29) is 4.90 Å². The van der Waals surface area contributed by atoms with E-state index in [1.54, 1.807) is 6.07 Å². The van der Waals surface area contributed by atoms with Crippen LogP contribution >= 0.6 is 0 Å². The molecule has 1 fully saturated rings. The molecule has 0 radical (unpaired) electrons. The molecule has 1 saturated heterocycles. The van der Waals surface area contributed by atoms with Gasteiger partial charge in [0.25, 0.3) is 10.0 Å². The van der Waals surface area contributed by atoms with Gasteiger partial charge in [0.1, 0.15) is 10.6 Å². The molecule has 1 aromatic rings. The number of nitrogens with two attached hydrogens (primary N) is 1. The van der Waals surface area contributed by atoms with Crippen LogP contribution in [-0.2, 0) is 21.3 Å². The highest BCUT2D eigenvalue weighted by atomic mass is 32.2. The van der Waals surface area contributed by atoms with Gasteiger partial charge in [0.2, 0.25) is 0 Å². The lowest BCUT2D eigenvalue weighted by molar-refractivity contribution is -0.0286. The van der Waals surface area contributed by atoms with Crippen LogP contribution in [-0.4, -0.2) is 32.6 Å². The van der Waals surface area contributed by atoms with Crippen LogP contribution in [0.5, 0.6) is 5.75 Å². The molecule has 2 aliphatic heterocycles. The monoisotopic (exact) mass is 284 g/mol. The summed E-state index contributed by atoms with van der Waals surface area (Å²) < 4.78 is 31.6. The van der Waals surface area contributed by atoms with Gasteiger partial charge in [-0.2, -0.15) is 0 Å². The molecular weight excluding hydrogens is 268 g/mol. The second kappa shape index (κ2) is 4.66. The van der Waals surface area contributed by atoms with E-state index < -0.39 is 10.0 Å². The van der Waals surface area contributed by atoms with Crippen LogP contribution in [0.3, 0.4) is 0 Å². The summed E-state index contributed by atoms with van der Waals surface area (Å²) in [5, 5.41) is 0. The van der Waals surface area contributed by atoms with Gasteiger partial charge in [-0.3, -0.25) is 4.84 Å². The first-order chi connectivity index (χ1) is 9.09. The molecule has 0 atom stereocenters.